The van der Waals surface area contributed by atoms with Gasteiger partial charge in [0.2, 0.25) is 11.9 Å². The summed E-state index contributed by atoms with van der Waals surface area (Å²) in [6.07, 6.45) is -1.58. The highest BCUT2D eigenvalue weighted by molar-refractivity contribution is 8.09. The molecule has 0 saturated carbocycles. The molecule has 5 N–H and O–H groups in total. The van der Waals surface area contributed by atoms with Gasteiger partial charge < -0.3 is 41.7 Å². The van der Waals surface area contributed by atoms with Gasteiger partial charge in [-0.05, 0) is 105 Å². The van der Waals surface area contributed by atoms with Crippen molar-refractivity contribution in [3.05, 3.63) is 173 Å². The number of aromatic nitrogens is 8. The van der Waals surface area contributed by atoms with Crippen LogP contribution in [0.4, 0.5) is 11.8 Å². The summed E-state index contributed by atoms with van der Waals surface area (Å²) in [6, 6.07) is 41.7. The molecule has 2 amide bonds. The minimum atomic E-state index is -4.04. The lowest BCUT2D eigenvalue weighted by molar-refractivity contribution is -0.118. The number of imidazole rings is 2. The number of aromatic amines is 1. The fourth-order valence-corrected chi connectivity index (χ4v) is 18.9. The van der Waals surface area contributed by atoms with Crippen LogP contribution in [0.3, 0.4) is 0 Å². The predicted octanol–water partition coefficient (Wildman–Crippen LogP) is 13.8. The molecular weight excluding hydrogens is 1430 g/mol. The predicted molar refractivity (Wildman–Crippen MR) is 414 cm³/mol. The molecule has 31 heteroatoms. The monoisotopic (exact) mass is 1520 g/mol. The molecule has 560 valence electrons. The summed E-state index contributed by atoms with van der Waals surface area (Å²) in [5, 5.41) is 33.0. The number of amides is 2. The summed E-state index contributed by atoms with van der Waals surface area (Å²) < 4.78 is 63.9. The summed E-state index contributed by atoms with van der Waals surface area (Å²) in [4.78, 5) is 67.6. The second-order valence-electron chi connectivity index (χ2n) is 30.1. The van der Waals surface area contributed by atoms with Crippen LogP contribution in [0.15, 0.2) is 145 Å². The Bertz CT molecular complexity index is 4350. The number of carbonyl (C=O) groups is 2. The normalized spacial score (nSPS) is 20.6. The molecular formula is C74H99N15O11P2SSi2. The molecule has 2 fully saturated rings. The highest BCUT2D eigenvalue weighted by Crippen LogP contribution is 2.54. The molecule has 6 heterocycles. The average Bonchev–Trinajstić information content (AvgIpc) is 1.68. The molecule has 8 aromatic rings. The number of hydrogen-bond donors (Lipinski definition) is 5. The van der Waals surface area contributed by atoms with E-state index in [1.165, 1.54) is 12.7 Å². The minimum Gasteiger partial charge on any atom is -0.408 e. The van der Waals surface area contributed by atoms with Crippen molar-refractivity contribution in [3.63, 3.8) is 0 Å². The van der Waals surface area contributed by atoms with E-state index in [0.717, 1.165) is 16.7 Å². The van der Waals surface area contributed by atoms with E-state index in [1.807, 2.05) is 60.7 Å². The van der Waals surface area contributed by atoms with Crippen LogP contribution in [0, 0.1) is 28.6 Å². The molecule has 10 atom stereocenters. The molecule has 2 aliphatic heterocycles. The van der Waals surface area contributed by atoms with Gasteiger partial charge in [-0.25, -0.2) is 29.7 Å². The first kappa shape index (κ1) is 80.3. The standard InChI is InChI=1S/C74H99N15O11P2SSi2/c1-48(2)66(90)83-71-82-65-60(68(92)84-71)80-47-88(65)69-61(99-104(13,14)72(7,8)9)57(85-74(52-33-23-18-24-34-52,53-35-25-19-26-36-53)54-37-27-20-28-38-54)56(98-69)44-96-102(103,95-42-30-40-76)86-58-55(43-94-101(93-41-29-39-75)89(49(3)4)50(5)6)97-70(62(58)100-105(15,16)73(10,11)12)87-46-79-59-63(77-45-78-64(59)87)81-67(91)51-31-21-17-22-32-51/h17-28,31-38,45-50,55-58,61-62,69-70,85H,29-30,41-44H2,1-16H3,(H,86,103)(H,77,78,81,91)(H2,82,83,84,90,92)/t55-,56-,57-,58-,61-,62-,69-,70-,101?,102?/m1/s1. The molecule has 26 nitrogen and oxygen atoms in total. The second-order valence-corrected chi connectivity index (χ2v) is 44.3. The van der Waals surface area contributed by atoms with E-state index in [0.29, 0.717) is 11.2 Å². The van der Waals surface area contributed by atoms with E-state index < -0.39 is 104 Å². The van der Waals surface area contributed by atoms with E-state index in [1.54, 1.807) is 53.6 Å². The van der Waals surface area contributed by atoms with Crippen LogP contribution in [-0.2, 0) is 58.6 Å². The molecule has 2 unspecified atom stereocenters. The third-order valence-corrected chi connectivity index (χ3v) is 33.3. The van der Waals surface area contributed by atoms with Gasteiger partial charge in [0.1, 0.15) is 30.7 Å². The van der Waals surface area contributed by atoms with Gasteiger partial charge in [0.15, 0.2) is 57.2 Å². The average molecular weight is 1520 g/mol. The first-order valence-corrected chi connectivity index (χ1v) is 45.1. The summed E-state index contributed by atoms with van der Waals surface area (Å²) >= 11 is 6.90. The molecule has 0 radical (unpaired) electrons. The lowest BCUT2D eigenvalue weighted by Crippen LogP contribution is -2.59. The molecule has 0 bridgehead atoms. The smallest absolute Gasteiger partial charge is 0.280 e. The lowest BCUT2D eigenvalue weighted by atomic mass is 9.76. The van der Waals surface area contributed by atoms with Crippen molar-refractivity contribution in [1.82, 2.24) is 54.1 Å². The molecule has 105 heavy (non-hydrogen) atoms. The first-order valence-electron chi connectivity index (χ1n) is 35.5. The number of carbonyl (C=O) groups excluding carboxylic acids is 2. The van der Waals surface area contributed by atoms with Crippen molar-refractivity contribution < 1.29 is 46.0 Å². The van der Waals surface area contributed by atoms with Crippen LogP contribution >= 0.6 is 15.2 Å². The number of benzene rings is 4. The Hall–Kier alpha value is -7.23. The van der Waals surface area contributed by atoms with E-state index in [2.05, 4.69) is 185 Å². The van der Waals surface area contributed by atoms with Crippen molar-refractivity contribution >= 4 is 89.5 Å². The van der Waals surface area contributed by atoms with Crippen molar-refractivity contribution in [2.24, 2.45) is 5.92 Å². The van der Waals surface area contributed by atoms with E-state index in [4.69, 9.17) is 63.2 Å². The topological polar surface area (TPSA) is 314 Å². The fraction of sp³-hybridized carbons (Fsp3) is 0.486. The largest absolute Gasteiger partial charge is 0.408 e. The Balaban J connectivity index is 1.15. The van der Waals surface area contributed by atoms with Crippen molar-refractivity contribution in [3.8, 4) is 12.1 Å². The molecule has 2 aliphatic rings. The van der Waals surface area contributed by atoms with Gasteiger partial charge in [0, 0.05) is 23.6 Å². The van der Waals surface area contributed by atoms with E-state index in [-0.39, 0.29) is 95.8 Å². The highest BCUT2D eigenvalue weighted by atomic mass is 32.5. The number of ether oxygens (including phenoxy) is 2. The highest BCUT2D eigenvalue weighted by Gasteiger charge is 2.57. The molecule has 10 rings (SSSR count). The van der Waals surface area contributed by atoms with Crippen molar-refractivity contribution in [2.75, 3.05) is 37.1 Å². The Morgan fingerprint density at radius 2 is 1.15 bits per heavy atom. The van der Waals surface area contributed by atoms with E-state index in [9.17, 15) is 24.9 Å². The Morgan fingerprint density at radius 3 is 1.67 bits per heavy atom. The van der Waals surface area contributed by atoms with Crippen LogP contribution in [-0.4, -0.2) is 147 Å². The number of rotatable bonds is 32. The van der Waals surface area contributed by atoms with Crippen LogP contribution in [0.25, 0.3) is 22.3 Å². The quantitative estimate of drug-likeness (QED) is 0.0113. The van der Waals surface area contributed by atoms with Crippen LogP contribution in [0.1, 0.15) is 135 Å². The molecule has 0 spiro atoms. The summed E-state index contributed by atoms with van der Waals surface area (Å²) in [5.74, 6) is -1.12. The SMILES string of the molecule is CC(C)C(=O)Nc1nc2c(ncn2[C@@H]2O[C@H](COP(=S)(N[C@H]3[C@@H](O[Si](C)(C)C(C)(C)C)[C@H](n4cnc5c(NC(=O)c6ccccc6)ncnc54)O[C@@H]3COP(OCCC#N)N(C(C)C)C(C)C)OCCC#N)[C@@H](NC(c3ccccc3)(c3ccccc3)c3ccccc3)[C@H]2O[Si](C)(C)C(C)(C)C)c(=O)[nH]1. The first-order chi connectivity index (χ1) is 49.8. The molecule has 2 saturated heterocycles. The van der Waals surface area contributed by atoms with Gasteiger partial charge in [-0.15, -0.1) is 0 Å². The van der Waals surface area contributed by atoms with E-state index >= 15 is 0 Å². The Labute approximate surface area is 623 Å². The maximum atomic E-state index is 14.2. The maximum Gasteiger partial charge on any atom is 0.280 e. The van der Waals surface area contributed by atoms with Crippen molar-refractivity contribution in [1.29, 1.82) is 10.5 Å². The third kappa shape index (κ3) is 18.2. The summed E-state index contributed by atoms with van der Waals surface area (Å²) in [7, 11) is -7.68. The van der Waals surface area contributed by atoms with Gasteiger partial charge in [-0.3, -0.25) is 39.1 Å². The number of H-pyrrole nitrogens is 1. The van der Waals surface area contributed by atoms with Crippen LogP contribution in [0.5, 0.6) is 0 Å². The Morgan fingerprint density at radius 1 is 0.657 bits per heavy atom. The molecule has 4 aromatic carbocycles. The van der Waals surface area contributed by atoms with Crippen LogP contribution < -0.4 is 26.6 Å². The van der Waals surface area contributed by atoms with Gasteiger partial charge in [-0.2, -0.15) is 15.5 Å². The maximum absolute atomic E-state index is 14.2. The molecule has 0 aliphatic carbocycles. The Kier molecular flexibility index (Phi) is 25.9. The molecule has 4 aromatic heterocycles. The number of nitrogens with one attached hydrogen (secondary N) is 5. The zero-order valence-corrected chi connectivity index (χ0v) is 67.2. The zero-order valence-electron chi connectivity index (χ0n) is 62.6. The lowest BCUT2D eigenvalue weighted by Gasteiger charge is -2.44. The number of anilines is 2. The minimum absolute atomic E-state index is 0.00635. The van der Waals surface area contributed by atoms with Gasteiger partial charge in [0.05, 0.1) is 81.7 Å². The number of fused-ring (bicyclic) bond motifs is 2. The summed E-state index contributed by atoms with van der Waals surface area (Å²) in [6.45, 7) is 28.7. The van der Waals surface area contributed by atoms with Crippen molar-refractivity contribution in [2.45, 2.75) is 199 Å². The van der Waals surface area contributed by atoms with Gasteiger partial charge >= 0.3 is 0 Å². The number of nitrogens with zero attached hydrogens (tertiary/aromatic N) is 10. The van der Waals surface area contributed by atoms with Gasteiger partial charge in [0.25, 0.3) is 26.6 Å². The van der Waals surface area contributed by atoms with Crippen LogP contribution in [0.2, 0.25) is 36.3 Å². The zero-order chi connectivity index (χ0) is 75.8. The summed E-state index contributed by atoms with van der Waals surface area (Å²) in [5.41, 5.74) is 2.04. The second kappa shape index (κ2) is 33.9. The number of nitriles is 2. The number of hydrogen-bond acceptors (Lipinski definition) is 21. The van der Waals surface area contributed by atoms with Gasteiger partial charge in [-0.1, -0.05) is 165 Å². The fourth-order valence-electron chi connectivity index (χ4n) is 12.3. The third-order valence-electron chi connectivity index (χ3n) is 19.8.